The minimum atomic E-state index is -0.336. The van der Waals surface area contributed by atoms with Gasteiger partial charge in [0.25, 0.3) is 5.91 Å². The van der Waals surface area contributed by atoms with Gasteiger partial charge >= 0.3 is 0 Å². The minimum absolute atomic E-state index is 0.261. The predicted octanol–water partition coefficient (Wildman–Crippen LogP) is 3.98. The van der Waals surface area contributed by atoms with Crippen LogP contribution in [-0.4, -0.2) is 15.9 Å². The molecule has 1 aromatic carbocycles. The monoisotopic (exact) mass is 379 g/mol. The standard InChI is InChI=1S/C16H11Cl2N3O2S/c17-11-3-1-9(13(18)6-11)5-12-8-20-16(24-12)21-15(23)10-2-4-14(22)19-7-10/h1-4,6-8H,5H2,(H,19,22)(H,20,21,23). The van der Waals surface area contributed by atoms with E-state index in [1.165, 1.54) is 29.7 Å². The van der Waals surface area contributed by atoms with E-state index in [2.05, 4.69) is 15.3 Å². The second-order valence-corrected chi connectivity index (χ2v) is 6.90. The van der Waals surface area contributed by atoms with E-state index in [1.807, 2.05) is 6.07 Å². The van der Waals surface area contributed by atoms with Crippen molar-refractivity contribution in [2.24, 2.45) is 0 Å². The maximum absolute atomic E-state index is 12.1. The largest absolute Gasteiger partial charge is 0.328 e. The van der Waals surface area contributed by atoms with Gasteiger partial charge in [0.05, 0.1) is 5.56 Å². The summed E-state index contributed by atoms with van der Waals surface area (Å²) in [4.78, 5) is 30.7. The number of carbonyl (C=O) groups is 1. The molecule has 0 spiro atoms. The molecule has 24 heavy (non-hydrogen) atoms. The Morgan fingerprint density at radius 1 is 1.25 bits per heavy atom. The van der Waals surface area contributed by atoms with E-state index < -0.39 is 0 Å². The molecule has 2 N–H and O–H groups in total. The lowest BCUT2D eigenvalue weighted by Crippen LogP contribution is -2.14. The summed E-state index contributed by atoms with van der Waals surface area (Å²) in [6.45, 7) is 0. The van der Waals surface area contributed by atoms with Crippen molar-refractivity contribution < 1.29 is 4.79 Å². The third-order valence-corrected chi connectivity index (χ3v) is 4.70. The van der Waals surface area contributed by atoms with Crippen LogP contribution in [0.4, 0.5) is 5.13 Å². The Labute approximate surface area is 151 Å². The van der Waals surface area contributed by atoms with Gasteiger partial charge in [0, 0.05) is 39.8 Å². The van der Waals surface area contributed by atoms with Gasteiger partial charge < -0.3 is 4.98 Å². The number of rotatable bonds is 4. The van der Waals surface area contributed by atoms with Crippen molar-refractivity contribution in [3.05, 3.63) is 79.1 Å². The first-order valence-electron chi connectivity index (χ1n) is 6.90. The highest BCUT2D eigenvalue weighted by Crippen LogP contribution is 2.27. The smallest absolute Gasteiger partial charge is 0.258 e. The summed E-state index contributed by atoms with van der Waals surface area (Å²) in [6.07, 6.45) is 3.65. The average Bonchev–Trinajstić information content (AvgIpc) is 2.98. The van der Waals surface area contributed by atoms with E-state index in [9.17, 15) is 9.59 Å². The predicted molar refractivity (Wildman–Crippen MR) is 96.4 cm³/mol. The molecule has 2 heterocycles. The molecule has 8 heteroatoms. The lowest BCUT2D eigenvalue weighted by Gasteiger charge is -2.02. The lowest BCUT2D eigenvalue weighted by molar-refractivity contribution is 0.102. The molecule has 3 rings (SSSR count). The highest BCUT2D eigenvalue weighted by molar-refractivity contribution is 7.15. The van der Waals surface area contributed by atoms with E-state index in [0.717, 1.165) is 10.4 Å². The van der Waals surface area contributed by atoms with Crippen molar-refractivity contribution in [2.45, 2.75) is 6.42 Å². The Hall–Kier alpha value is -2.15. The van der Waals surface area contributed by atoms with Crippen molar-refractivity contribution >= 4 is 45.6 Å². The molecular weight excluding hydrogens is 369 g/mol. The molecule has 0 fully saturated rings. The van der Waals surface area contributed by atoms with Crippen LogP contribution >= 0.6 is 34.5 Å². The summed E-state index contributed by atoms with van der Waals surface area (Å²) < 4.78 is 0. The number of aromatic nitrogens is 2. The van der Waals surface area contributed by atoms with Crippen LogP contribution in [0.2, 0.25) is 10.0 Å². The fourth-order valence-corrected chi connectivity index (χ4v) is 3.33. The van der Waals surface area contributed by atoms with E-state index in [1.54, 1.807) is 18.3 Å². The summed E-state index contributed by atoms with van der Waals surface area (Å²) in [5, 5.41) is 4.36. The van der Waals surface area contributed by atoms with Gasteiger partial charge in [-0.1, -0.05) is 29.3 Å². The van der Waals surface area contributed by atoms with Gasteiger partial charge in [0.15, 0.2) is 5.13 Å². The third-order valence-electron chi connectivity index (χ3n) is 3.20. The molecule has 0 saturated carbocycles. The fourth-order valence-electron chi connectivity index (χ4n) is 2.02. The number of halogens is 2. The highest BCUT2D eigenvalue weighted by Gasteiger charge is 2.10. The molecule has 0 unspecified atom stereocenters. The number of pyridine rings is 1. The van der Waals surface area contributed by atoms with E-state index in [0.29, 0.717) is 27.2 Å². The number of nitrogens with zero attached hydrogens (tertiary/aromatic N) is 1. The van der Waals surface area contributed by atoms with Crippen molar-refractivity contribution in [2.75, 3.05) is 5.32 Å². The Balaban J connectivity index is 1.70. The summed E-state index contributed by atoms with van der Waals surface area (Å²) in [5.41, 5.74) is 1.03. The number of nitrogens with one attached hydrogen (secondary N) is 2. The zero-order valence-corrected chi connectivity index (χ0v) is 14.5. The highest BCUT2D eigenvalue weighted by atomic mass is 35.5. The summed E-state index contributed by atoms with van der Waals surface area (Å²) in [6, 6.07) is 8.09. The number of benzene rings is 1. The van der Waals surface area contributed by atoms with Crippen molar-refractivity contribution in [1.82, 2.24) is 9.97 Å². The van der Waals surface area contributed by atoms with Crippen LogP contribution in [0, 0.1) is 0 Å². The van der Waals surface area contributed by atoms with Crippen molar-refractivity contribution in [3.63, 3.8) is 0 Å². The second kappa shape index (κ2) is 7.17. The molecule has 0 aliphatic heterocycles. The quantitative estimate of drug-likeness (QED) is 0.719. The summed E-state index contributed by atoms with van der Waals surface area (Å²) >= 11 is 13.4. The number of hydrogen-bond donors (Lipinski definition) is 2. The molecular formula is C16H11Cl2N3O2S. The molecule has 1 amide bonds. The zero-order chi connectivity index (χ0) is 17.1. The van der Waals surface area contributed by atoms with Crippen LogP contribution in [-0.2, 0) is 6.42 Å². The molecule has 2 aromatic heterocycles. The first-order chi connectivity index (χ1) is 11.5. The van der Waals surface area contributed by atoms with Crippen LogP contribution in [0.1, 0.15) is 20.8 Å². The SMILES string of the molecule is O=C(Nc1ncc(Cc2ccc(Cl)cc2Cl)s1)c1ccc(=O)[nH]c1. The van der Waals surface area contributed by atoms with Crippen molar-refractivity contribution in [1.29, 1.82) is 0 Å². The van der Waals surface area contributed by atoms with Crippen LogP contribution in [0.15, 0.2) is 47.5 Å². The maximum atomic E-state index is 12.1. The van der Waals surface area contributed by atoms with E-state index >= 15 is 0 Å². The van der Waals surface area contributed by atoms with Gasteiger partial charge in [-0.15, -0.1) is 11.3 Å². The first kappa shape index (κ1) is 16.7. The molecule has 0 aliphatic carbocycles. The number of H-pyrrole nitrogens is 1. The first-order valence-corrected chi connectivity index (χ1v) is 8.47. The van der Waals surface area contributed by atoms with Crippen LogP contribution in [0.25, 0.3) is 0 Å². The molecule has 5 nitrogen and oxygen atoms in total. The molecule has 0 bridgehead atoms. The maximum Gasteiger partial charge on any atom is 0.258 e. The minimum Gasteiger partial charge on any atom is -0.328 e. The van der Waals surface area contributed by atoms with Gasteiger partial charge in [-0.3, -0.25) is 14.9 Å². The summed E-state index contributed by atoms with van der Waals surface area (Å²) in [5.74, 6) is -0.336. The molecule has 122 valence electrons. The molecule has 0 saturated heterocycles. The van der Waals surface area contributed by atoms with Crippen LogP contribution in [0.3, 0.4) is 0 Å². The van der Waals surface area contributed by atoms with E-state index in [4.69, 9.17) is 23.2 Å². The summed E-state index contributed by atoms with van der Waals surface area (Å²) in [7, 11) is 0. The average molecular weight is 380 g/mol. The topological polar surface area (TPSA) is 74.8 Å². The Kier molecular flexibility index (Phi) is 4.99. The number of hydrogen-bond acceptors (Lipinski definition) is 4. The Morgan fingerprint density at radius 2 is 2.08 bits per heavy atom. The lowest BCUT2D eigenvalue weighted by atomic mass is 10.1. The number of carbonyl (C=O) groups excluding carboxylic acids is 1. The van der Waals surface area contributed by atoms with Gasteiger partial charge in [0.1, 0.15) is 0 Å². The number of aromatic amines is 1. The fraction of sp³-hybridized carbons (Fsp3) is 0.0625. The number of amides is 1. The number of anilines is 1. The zero-order valence-electron chi connectivity index (χ0n) is 12.2. The van der Waals surface area contributed by atoms with Gasteiger partial charge in [-0.05, 0) is 23.8 Å². The number of thiazole rings is 1. The molecule has 0 radical (unpaired) electrons. The molecule has 0 atom stereocenters. The van der Waals surface area contributed by atoms with Crippen LogP contribution < -0.4 is 10.9 Å². The molecule has 3 aromatic rings. The van der Waals surface area contributed by atoms with Gasteiger partial charge in [-0.25, -0.2) is 4.98 Å². The van der Waals surface area contributed by atoms with Gasteiger partial charge in [0.2, 0.25) is 5.56 Å². The molecule has 0 aliphatic rings. The van der Waals surface area contributed by atoms with E-state index in [-0.39, 0.29) is 11.5 Å². The Bertz CT molecular complexity index is 932. The second-order valence-electron chi connectivity index (χ2n) is 4.94. The van der Waals surface area contributed by atoms with Crippen LogP contribution in [0.5, 0.6) is 0 Å². The van der Waals surface area contributed by atoms with Gasteiger partial charge in [-0.2, -0.15) is 0 Å². The third kappa shape index (κ3) is 4.03. The van der Waals surface area contributed by atoms with Crippen molar-refractivity contribution in [3.8, 4) is 0 Å². The normalized spacial score (nSPS) is 10.6. The Morgan fingerprint density at radius 3 is 2.79 bits per heavy atom.